The van der Waals surface area contributed by atoms with Gasteiger partial charge < -0.3 is 10.5 Å². The predicted octanol–water partition coefficient (Wildman–Crippen LogP) is 2.63. The second kappa shape index (κ2) is 6.44. The van der Waals surface area contributed by atoms with Crippen LogP contribution < -0.4 is 5.73 Å². The predicted molar refractivity (Wildman–Crippen MR) is 60.3 cm³/mol. The maximum atomic E-state index is 5.68. The quantitative estimate of drug-likeness (QED) is 0.557. The largest absolute Gasteiger partial charge is 0.399 e. The van der Waals surface area contributed by atoms with E-state index in [-0.39, 0.29) is 0 Å². The standard InChI is InChI=1S/C12H19NO/c1-2-8-14-9-4-6-11-5-3-7-12(13)10-11/h3,5,7,10H,2,4,6,8-9,13H2,1H3. The summed E-state index contributed by atoms with van der Waals surface area (Å²) in [4.78, 5) is 0. The Balaban J connectivity index is 2.18. The molecular formula is C12H19NO. The van der Waals surface area contributed by atoms with Gasteiger partial charge in [0.15, 0.2) is 0 Å². The minimum absolute atomic E-state index is 0.844. The van der Waals surface area contributed by atoms with Crippen molar-refractivity contribution < 1.29 is 4.74 Å². The van der Waals surface area contributed by atoms with Gasteiger partial charge in [0.2, 0.25) is 0 Å². The van der Waals surface area contributed by atoms with Gasteiger partial charge in [0.05, 0.1) is 0 Å². The summed E-state index contributed by atoms with van der Waals surface area (Å²) in [5.74, 6) is 0. The Hall–Kier alpha value is -1.02. The van der Waals surface area contributed by atoms with Gasteiger partial charge in [-0.05, 0) is 37.0 Å². The van der Waals surface area contributed by atoms with Crippen molar-refractivity contribution in [3.8, 4) is 0 Å². The molecule has 0 aromatic heterocycles. The van der Waals surface area contributed by atoms with Crippen molar-refractivity contribution in [1.29, 1.82) is 0 Å². The van der Waals surface area contributed by atoms with Crippen molar-refractivity contribution in [3.63, 3.8) is 0 Å². The molecule has 0 aliphatic rings. The molecule has 0 heterocycles. The van der Waals surface area contributed by atoms with Crippen LogP contribution in [0.4, 0.5) is 5.69 Å². The lowest BCUT2D eigenvalue weighted by Gasteiger charge is -2.03. The summed E-state index contributed by atoms with van der Waals surface area (Å²) in [6, 6.07) is 8.05. The molecule has 0 amide bonds. The Morgan fingerprint density at radius 2 is 2.14 bits per heavy atom. The molecule has 14 heavy (non-hydrogen) atoms. The van der Waals surface area contributed by atoms with E-state index >= 15 is 0 Å². The zero-order valence-electron chi connectivity index (χ0n) is 8.83. The van der Waals surface area contributed by atoms with Crippen molar-refractivity contribution in [2.24, 2.45) is 0 Å². The van der Waals surface area contributed by atoms with Crippen LogP contribution in [0.3, 0.4) is 0 Å². The summed E-state index contributed by atoms with van der Waals surface area (Å²) in [7, 11) is 0. The highest BCUT2D eigenvalue weighted by molar-refractivity contribution is 5.40. The van der Waals surface area contributed by atoms with Crippen molar-refractivity contribution in [2.45, 2.75) is 26.2 Å². The molecule has 2 nitrogen and oxygen atoms in total. The lowest BCUT2D eigenvalue weighted by molar-refractivity contribution is 0.132. The number of ether oxygens (including phenoxy) is 1. The molecule has 0 atom stereocenters. The SMILES string of the molecule is CCCOCCCc1cccc(N)c1. The third kappa shape index (κ3) is 4.28. The van der Waals surface area contributed by atoms with E-state index in [4.69, 9.17) is 10.5 Å². The van der Waals surface area contributed by atoms with Crippen molar-refractivity contribution in [2.75, 3.05) is 18.9 Å². The van der Waals surface area contributed by atoms with Crippen LogP contribution in [-0.2, 0) is 11.2 Å². The molecular weight excluding hydrogens is 174 g/mol. The van der Waals surface area contributed by atoms with E-state index < -0.39 is 0 Å². The van der Waals surface area contributed by atoms with Gasteiger partial charge in [0.25, 0.3) is 0 Å². The first-order valence-electron chi connectivity index (χ1n) is 5.25. The van der Waals surface area contributed by atoms with Gasteiger partial charge in [-0.25, -0.2) is 0 Å². The summed E-state index contributed by atoms with van der Waals surface area (Å²) in [5, 5.41) is 0. The third-order valence-corrected chi connectivity index (χ3v) is 2.05. The fraction of sp³-hybridized carbons (Fsp3) is 0.500. The molecule has 2 N–H and O–H groups in total. The van der Waals surface area contributed by atoms with Crippen LogP contribution in [0.25, 0.3) is 0 Å². The van der Waals surface area contributed by atoms with E-state index in [0.29, 0.717) is 0 Å². The average Bonchev–Trinajstić information content (AvgIpc) is 2.18. The molecule has 0 saturated heterocycles. The van der Waals surface area contributed by atoms with Crippen LogP contribution >= 0.6 is 0 Å². The zero-order valence-corrected chi connectivity index (χ0v) is 8.83. The van der Waals surface area contributed by atoms with Crippen LogP contribution in [0, 0.1) is 0 Å². The number of benzene rings is 1. The first-order chi connectivity index (χ1) is 6.83. The Labute approximate surface area is 86.1 Å². The first kappa shape index (κ1) is 11.1. The van der Waals surface area contributed by atoms with Gasteiger partial charge in [-0.1, -0.05) is 19.1 Å². The minimum Gasteiger partial charge on any atom is -0.399 e. The lowest BCUT2D eigenvalue weighted by Crippen LogP contribution is -1.98. The van der Waals surface area contributed by atoms with E-state index in [1.54, 1.807) is 0 Å². The van der Waals surface area contributed by atoms with Crippen molar-refractivity contribution in [1.82, 2.24) is 0 Å². The van der Waals surface area contributed by atoms with Crippen LogP contribution in [0.5, 0.6) is 0 Å². The molecule has 78 valence electrons. The highest BCUT2D eigenvalue weighted by Crippen LogP contribution is 2.08. The van der Waals surface area contributed by atoms with Gasteiger partial charge >= 0.3 is 0 Å². The molecule has 1 aromatic rings. The second-order valence-electron chi connectivity index (χ2n) is 3.46. The maximum absolute atomic E-state index is 5.68. The number of anilines is 1. The molecule has 0 bridgehead atoms. The summed E-state index contributed by atoms with van der Waals surface area (Å²) in [6.07, 6.45) is 3.22. The number of nitrogen functional groups attached to an aromatic ring is 1. The first-order valence-corrected chi connectivity index (χ1v) is 5.25. The number of hydrogen-bond acceptors (Lipinski definition) is 2. The number of hydrogen-bond donors (Lipinski definition) is 1. The Morgan fingerprint density at radius 3 is 2.86 bits per heavy atom. The molecule has 0 fully saturated rings. The molecule has 1 aromatic carbocycles. The Bertz CT molecular complexity index is 260. The van der Waals surface area contributed by atoms with Crippen LogP contribution in [0.1, 0.15) is 25.3 Å². The summed E-state index contributed by atoms with van der Waals surface area (Å²) in [5.41, 5.74) is 7.82. The monoisotopic (exact) mass is 193 g/mol. The van der Waals surface area contributed by atoms with Gasteiger partial charge in [0, 0.05) is 18.9 Å². The summed E-state index contributed by atoms with van der Waals surface area (Å²) < 4.78 is 5.40. The van der Waals surface area contributed by atoms with Gasteiger partial charge in [-0.2, -0.15) is 0 Å². The van der Waals surface area contributed by atoms with Crippen LogP contribution in [-0.4, -0.2) is 13.2 Å². The minimum atomic E-state index is 0.844. The topological polar surface area (TPSA) is 35.2 Å². The lowest BCUT2D eigenvalue weighted by atomic mass is 10.1. The molecule has 0 unspecified atom stereocenters. The molecule has 2 heteroatoms. The van der Waals surface area contributed by atoms with Gasteiger partial charge in [-0.3, -0.25) is 0 Å². The highest BCUT2D eigenvalue weighted by Gasteiger charge is 1.93. The third-order valence-electron chi connectivity index (χ3n) is 2.05. The smallest absolute Gasteiger partial charge is 0.0469 e. The van der Waals surface area contributed by atoms with Crippen molar-refractivity contribution >= 4 is 5.69 Å². The number of rotatable bonds is 6. The van der Waals surface area contributed by atoms with E-state index in [1.807, 2.05) is 18.2 Å². The molecule has 0 spiro atoms. The van der Waals surface area contributed by atoms with E-state index in [1.165, 1.54) is 5.56 Å². The summed E-state index contributed by atoms with van der Waals surface area (Å²) >= 11 is 0. The normalized spacial score (nSPS) is 10.4. The maximum Gasteiger partial charge on any atom is 0.0469 e. The Morgan fingerprint density at radius 1 is 1.29 bits per heavy atom. The second-order valence-corrected chi connectivity index (χ2v) is 3.46. The van der Waals surface area contributed by atoms with Gasteiger partial charge in [0.1, 0.15) is 0 Å². The molecule has 1 rings (SSSR count). The van der Waals surface area contributed by atoms with Crippen LogP contribution in [0.15, 0.2) is 24.3 Å². The summed E-state index contributed by atoms with van der Waals surface area (Å²) in [6.45, 7) is 3.84. The zero-order chi connectivity index (χ0) is 10.2. The highest BCUT2D eigenvalue weighted by atomic mass is 16.5. The Kier molecular flexibility index (Phi) is 5.08. The van der Waals surface area contributed by atoms with E-state index in [0.717, 1.165) is 38.2 Å². The van der Waals surface area contributed by atoms with Gasteiger partial charge in [-0.15, -0.1) is 0 Å². The fourth-order valence-corrected chi connectivity index (χ4v) is 1.37. The molecule has 0 aliphatic heterocycles. The average molecular weight is 193 g/mol. The van der Waals surface area contributed by atoms with E-state index in [9.17, 15) is 0 Å². The molecule has 0 saturated carbocycles. The fourth-order valence-electron chi connectivity index (χ4n) is 1.37. The molecule has 0 radical (unpaired) electrons. The van der Waals surface area contributed by atoms with Crippen LogP contribution in [0.2, 0.25) is 0 Å². The van der Waals surface area contributed by atoms with Crippen molar-refractivity contribution in [3.05, 3.63) is 29.8 Å². The molecule has 0 aliphatic carbocycles. The number of nitrogens with two attached hydrogens (primary N) is 1. The number of aryl methyl sites for hydroxylation is 1. The van der Waals surface area contributed by atoms with E-state index in [2.05, 4.69) is 13.0 Å².